The second-order valence-corrected chi connectivity index (χ2v) is 15.6. The Kier molecular flexibility index (Phi) is 11.5. The Labute approximate surface area is 301 Å². The lowest BCUT2D eigenvalue weighted by Gasteiger charge is -2.32. The molecule has 0 fully saturated rings. The lowest BCUT2D eigenvalue weighted by molar-refractivity contribution is 0.0520. The van der Waals surface area contributed by atoms with E-state index in [-0.39, 0.29) is 28.6 Å². The number of hydrogen-bond donors (Lipinski definition) is 1. The van der Waals surface area contributed by atoms with E-state index in [0.717, 1.165) is 41.5 Å². The van der Waals surface area contributed by atoms with Gasteiger partial charge >= 0.3 is 11.9 Å². The van der Waals surface area contributed by atoms with E-state index in [2.05, 4.69) is 75.6 Å². The van der Waals surface area contributed by atoms with Crippen LogP contribution in [-0.2, 0) is 15.6 Å². The van der Waals surface area contributed by atoms with Gasteiger partial charge in [0.25, 0.3) is 0 Å². The van der Waals surface area contributed by atoms with Gasteiger partial charge in [0.2, 0.25) is 0 Å². The Morgan fingerprint density at radius 1 is 0.680 bits per heavy atom. The SMILES string of the molecule is CC1(C)CCSc2ccc(C#Cc3ccc(C(=O)O)c(F)c3)cc21.CCOC(=O)c1ccc(C#Cc2ccc3c(c2)C(C)(C)CCS3)cc1F. The minimum absolute atomic E-state index is 0.0649. The number of hydrogen-bond acceptors (Lipinski definition) is 5. The fourth-order valence-electron chi connectivity index (χ4n) is 5.65. The predicted octanol–water partition coefficient (Wildman–Crippen LogP) is 9.87. The topological polar surface area (TPSA) is 63.6 Å². The summed E-state index contributed by atoms with van der Waals surface area (Å²) in [5, 5.41) is 8.85. The van der Waals surface area contributed by atoms with Crippen molar-refractivity contribution in [2.24, 2.45) is 0 Å². The Hall–Kier alpha value is -4.50. The summed E-state index contributed by atoms with van der Waals surface area (Å²) < 4.78 is 32.6. The van der Waals surface area contributed by atoms with Crippen LogP contribution in [0, 0.1) is 35.3 Å². The van der Waals surface area contributed by atoms with Crippen molar-refractivity contribution in [3.8, 4) is 23.7 Å². The van der Waals surface area contributed by atoms with Crippen LogP contribution >= 0.6 is 23.5 Å². The number of carboxylic acid groups (broad SMARTS) is 1. The van der Waals surface area contributed by atoms with Crippen molar-refractivity contribution in [1.29, 1.82) is 0 Å². The smallest absolute Gasteiger partial charge is 0.341 e. The van der Waals surface area contributed by atoms with E-state index in [1.54, 1.807) is 13.0 Å². The van der Waals surface area contributed by atoms with Crippen LogP contribution < -0.4 is 0 Å². The zero-order chi connectivity index (χ0) is 36.1. The number of fused-ring (bicyclic) bond motifs is 2. The third kappa shape index (κ3) is 8.80. The second kappa shape index (κ2) is 15.6. The molecule has 0 saturated heterocycles. The highest BCUT2D eigenvalue weighted by molar-refractivity contribution is 7.99. The summed E-state index contributed by atoms with van der Waals surface area (Å²) in [6.45, 7) is 10.9. The highest BCUT2D eigenvalue weighted by atomic mass is 32.2. The molecule has 0 atom stereocenters. The van der Waals surface area contributed by atoms with Crippen LogP contribution in [-0.4, -0.2) is 35.2 Å². The zero-order valence-electron chi connectivity index (χ0n) is 28.7. The molecule has 0 aromatic heterocycles. The Balaban J connectivity index is 0.000000195. The molecule has 4 nitrogen and oxygen atoms in total. The molecule has 4 aromatic rings. The number of benzene rings is 4. The number of aromatic carboxylic acids is 1. The van der Waals surface area contributed by atoms with E-state index in [1.165, 1.54) is 45.2 Å². The number of carbonyl (C=O) groups is 2. The van der Waals surface area contributed by atoms with Gasteiger partial charge in [0.15, 0.2) is 0 Å². The Morgan fingerprint density at radius 2 is 1.08 bits per heavy atom. The summed E-state index contributed by atoms with van der Waals surface area (Å²) >= 11 is 3.75. The summed E-state index contributed by atoms with van der Waals surface area (Å²) in [6.07, 6.45) is 2.27. The van der Waals surface area contributed by atoms with Crippen LogP contribution in [0.1, 0.15) is 102 Å². The van der Waals surface area contributed by atoms with Crippen LogP contribution in [0.2, 0.25) is 0 Å². The van der Waals surface area contributed by atoms with Crippen LogP contribution in [0.4, 0.5) is 8.78 Å². The maximum Gasteiger partial charge on any atom is 0.341 e. The molecule has 0 radical (unpaired) electrons. The van der Waals surface area contributed by atoms with Crippen LogP contribution in [0.15, 0.2) is 82.6 Å². The van der Waals surface area contributed by atoms with Gasteiger partial charge in [0, 0.05) is 32.0 Å². The summed E-state index contributed by atoms with van der Waals surface area (Å²) in [6, 6.07) is 20.7. The van der Waals surface area contributed by atoms with Crippen molar-refractivity contribution < 1.29 is 28.2 Å². The van der Waals surface area contributed by atoms with Gasteiger partial charge in [-0.2, -0.15) is 0 Å². The molecule has 4 aromatic carbocycles. The average molecular weight is 709 g/mol. The largest absolute Gasteiger partial charge is 0.478 e. The molecule has 8 heteroatoms. The van der Waals surface area contributed by atoms with Crippen LogP contribution in [0.5, 0.6) is 0 Å². The Bertz CT molecular complexity index is 2080. The van der Waals surface area contributed by atoms with Gasteiger partial charge in [0.05, 0.1) is 17.7 Å². The molecule has 50 heavy (non-hydrogen) atoms. The molecule has 0 spiro atoms. The Morgan fingerprint density at radius 3 is 1.48 bits per heavy atom. The normalized spacial score (nSPS) is 14.9. The molecule has 0 bridgehead atoms. The second-order valence-electron chi connectivity index (χ2n) is 13.3. The molecule has 0 aliphatic carbocycles. The number of thioether (sulfide) groups is 2. The molecule has 0 saturated carbocycles. The molecule has 6 rings (SSSR count). The van der Waals surface area contributed by atoms with E-state index in [9.17, 15) is 18.4 Å². The van der Waals surface area contributed by atoms with Crippen molar-refractivity contribution in [3.63, 3.8) is 0 Å². The molecule has 0 amide bonds. The van der Waals surface area contributed by atoms with Gasteiger partial charge in [0.1, 0.15) is 11.6 Å². The first-order valence-corrected chi connectivity index (χ1v) is 18.3. The molecule has 2 aliphatic rings. The van der Waals surface area contributed by atoms with E-state index in [0.29, 0.717) is 11.1 Å². The molecule has 0 unspecified atom stereocenters. The lowest BCUT2D eigenvalue weighted by Crippen LogP contribution is -2.22. The third-order valence-corrected chi connectivity index (χ3v) is 10.9. The molecule has 2 aliphatic heterocycles. The molecular weight excluding hydrogens is 671 g/mol. The van der Waals surface area contributed by atoms with Crippen molar-refractivity contribution in [1.82, 2.24) is 0 Å². The average Bonchev–Trinajstić information content (AvgIpc) is 3.07. The van der Waals surface area contributed by atoms with Crippen LogP contribution in [0.3, 0.4) is 0 Å². The van der Waals surface area contributed by atoms with E-state index >= 15 is 0 Å². The van der Waals surface area contributed by atoms with Gasteiger partial charge < -0.3 is 9.84 Å². The molecule has 1 N–H and O–H groups in total. The van der Waals surface area contributed by atoms with Gasteiger partial charge in [-0.3, -0.25) is 0 Å². The zero-order valence-corrected chi connectivity index (χ0v) is 30.3. The minimum Gasteiger partial charge on any atom is -0.478 e. The van der Waals surface area contributed by atoms with Crippen LogP contribution in [0.25, 0.3) is 0 Å². The molecule has 256 valence electrons. The van der Waals surface area contributed by atoms with Gasteiger partial charge in [-0.15, -0.1) is 23.5 Å². The minimum atomic E-state index is -1.28. The monoisotopic (exact) mass is 708 g/mol. The van der Waals surface area contributed by atoms with Crippen molar-refractivity contribution in [3.05, 3.63) is 129 Å². The highest BCUT2D eigenvalue weighted by Crippen LogP contribution is 2.42. The molecule has 2 heterocycles. The lowest BCUT2D eigenvalue weighted by atomic mass is 9.81. The fourth-order valence-corrected chi connectivity index (χ4v) is 8.62. The summed E-state index contributed by atoms with van der Waals surface area (Å²) in [5.74, 6) is 11.0. The quantitative estimate of drug-likeness (QED) is 0.169. The summed E-state index contributed by atoms with van der Waals surface area (Å²) in [7, 11) is 0. The third-order valence-electron chi connectivity index (χ3n) is 8.75. The van der Waals surface area contributed by atoms with E-state index in [1.807, 2.05) is 35.7 Å². The predicted molar refractivity (Wildman–Crippen MR) is 197 cm³/mol. The highest BCUT2D eigenvalue weighted by Gasteiger charge is 2.28. The maximum absolute atomic E-state index is 14.1. The summed E-state index contributed by atoms with van der Waals surface area (Å²) in [4.78, 5) is 25.1. The first kappa shape index (κ1) is 36.8. The van der Waals surface area contributed by atoms with Crippen molar-refractivity contribution in [2.75, 3.05) is 18.1 Å². The standard InChI is InChI=1S/C22H21FO2S.C20H17FO2S/c1-4-25-21(24)17-9-7-16(14-19(17)23)6-5-15-8-10-20-18(13-15)22(2,3)11-12-26-20;1-20(2)9-10-24-18-8-6-13(11-16(18)20)3-4-14-5-7-15(19(22)23)17(21)12-14/h7-10,13-14H,4,11-12H2,1-3H3;5-8,11-12H,9-10H2,1-2H3,(H,22,23). The number of halogens is 2. The van der Waals surface area contributed by atoms with Crippen molar-refractivity contribution >= 4 is 35.5 Å². The maximum atomic E-state index is 14.1. The number of carbonyl (C=O) groups excluding carboxylic acids is 1. The van der Waals surface area contributed by atoms with Gasteiger partial charge in [-0.1, -0.05) is 51.4 Å². The summed E-state index contributed by atoms with van der Waals surface area (Å²) in [5.41, 5.74) is 5.28. The first-order valence-electron chi connectivity index (χ1n) is 16.4. The first-order chi connectivity index (χ1) is 23.8. The van der Waals surface area contributed by atoms with Crippen molar-refractivity contribution in [2.45, 2.75) is 68.1 Å². The van der Waals surface area contributed by atoms with E-state index < -0.39 is 23.6 Å². The van der Waals surface area contributed by atoms with Gasteiger partial charge in [-0.25, -0.2) is 18.4 Å². The van der Waals surface area contributed by atoms with Gasteiger partial charge in [-0.05, 0) is 126 Å². The van der Waals surface area contributed by atoms with E-state index in [4.69, 9.17) is 9.84 Å². The number of rotatable bonds is 3. The number of ether oxygens (including phenoxy) is 1. The number of carboxylic acids is 1. The fraction of sp³-hybridized carbons (Fsp3) is 0.286. The molecular formula is C42H38F2O4S2. The number of esters is 1.